The van der Waals surface area contributed by atoms with Crippen molar-refractivity contribution in [3.63, 3.8) is 0 Å². The van der Waals surface area contributed by atoms with E-state index < -0.39 is 6.10 Å². The van der Waals surface area contributed by atoms with Gasteiger partial charge in [0.15, 0.2) is 11.5 Å². The topological polar surface area (TPSA) is 64.1 Å². The first-order chi connectivity index (χ1) is 15.2. The van der Waals surface area contributed by atoms with Crippen molar-refractivity contribution in [1.29, 1.82) is 0 Å². The Kier molecular flexibility index (Phi) is 6.70. The molecule has 1 aromatic heterocycles. The van der Waals surface area contributed by atoms with Gasteiger partial charge in [-0.25, -0.2) is 0 Å². The van der Waals surface area contributed by atoms with Crippen LogP contribution in [0.25, 0.3) is 0 Å². The van der Waals surface area contributed by atoms with Gasteiger partial charge in [-0.3, -0.25) is 9.88 Å². The Hall–Kier alpha value is -3.09. The van der Waals surface area contributed by atoms with Crippen molar-refractivity contribution in [1.82, 2.24) is 9.88 Å². The third kappa shape index (κ3) is 4.98. The molecule has 0 fully saturated rings. The molecule has 0 radical (unpaired) electrons. The summed E-state index contributed by atoms with van der Waals surface area (Å²) in [5.41, 5.74) is 3.83. The highest BCUT2D eigenvalue weighted by atomic mass is 16.5. The smallest absolute Gasteiger partial charge is 0.161 e. The Morgan fingerprint density at radius 1 is 1.13 bits per heavy atom. The Morgan fingerprint density at radius 3 is 2.81 bits per heavy atom. The number of hydrogen-bond acceptors (Lipinski definition) is 6. The summed E-state index contributed by atoms with van der Waals surface area (Å²) in [7, 11) is 1.65. The first-order valence-electron chi connectivity index (χ1n) is 10.5. The minimum absolute atomic E-state index is 0.590. The van der Waals surface area contributed by atoms with Gasteiger partial charge in [0.2, 0.25) is 0 Å². The van der Waals surface area contributed by atoms with Crippen LogP contribution in [0.3, 0.4) is 0 Å². The lowest BCUT2D eigenvalue weighted by atomic mass is 10.00. The van der Waals surface area contributed by atoms with E-state index in [2.05, 4.69) is 16.0 Å². The molecule has 1 atom stereocenters. The van der Waals surface area contributed by atoms with Crippen LogP contribution in [-0.2, 0) is 13.1 Å². The summed E-state index contributed by atoms with van der Waals surface area (Å²) in [6.07, 6.45) is 2.68. The second-order valence-electron chi connectivity index (χ2n) is 7.53. The molecule has 2 heterocycles. The predicted octanol–water partition coefficient (Wildman–Crippen LogP) is 3.97. The average Bonchev–Trinajstić information content (AvgIpc) is 3.00. The van der Waals surface area contributed by atoms with Crippen LogP contribution in [0.5, 0.6) is 17.2 Å². The van der Waals surface area contributed by atoms with Gasteiger partial charge in [0.1, 0.15) is 18.5 Å². The number of rotatable bonds is 7. The summed E-state index contributed by atoms with van der Waals surface area (Å²) < 4.78 is 17.1. The van der Waals surface area contributed by atoms with Crippen molar-refractivity contribution in [2.75, 3.05) is 26.9 Å². The van der Waals surface area contributed by atoms with E-state index in [0.717, 1.165) is 59.1 Å². The van der Waals surface area contributed by atoms with Crippen LogP contribution < -0.4 is 14.2 Å². The standard InChI is InChI=1S/C25H28N2O4/c1-3-30-24-13-18(6-8-23(24)29-2)16-27-11-12-31-22-9-7-19(14-21(22)17-27)25(28)20-5-4-10-26-15-20/h4-10,13-15,25,28H,3,11-12,16-17H2,1-2H3/t25-/m1/s1. The second-order valence-corrected chi connectivity index (χ2v) is 7.53. The minimum Gasteiger partial charge on any atom is -0.493 e. The van der Waals surface area contributed by atoms with Crippen molar-refractivity contribution in [2.45, 2.75) is 26.1 Å². The van der Waals surface area contributed by atoms with E-state index in [1.54, 1.807) is 19.5 Å². The van der Waals surface area contributed by atoms with Crippen LogP contribution in [-0.4, -0.2) is 41.9 Å². The van der Waals surface area contributed by atoms with E-state index in [-0.39, 0.29) is 0 Å². The summed E-state index contributed by atoms with van der Waals surface area (Å²) in [6.45, 7) is 5.48. The number of aromatic nitrogens is 1. The summed E-state index contributed by atoms with van der Waals surface area (Å²) in [4.78, 5) is 6.45. The fourth-order valence-electron chi connectivity index (χ4n) is 3.85. The van der Waals surface area contributed by atoms with E-state index in [1.165, 1.54) is 0 Å². The van der Waals surface area contributed by atoms with E-state index in [4.69, 9.17) is 14.2 Å². The van der Waals surface area contributed by atoms with Gasteiger partial charge in [-0.1, -0.05) is 18.2 Å². The van der Waals surface area contributed by atoms with Gasteiger partial charge in [-0.15, -0.1) is 0 Å². The van der Waals surface area contributed by atoms with Crippen molar-refractivity contribution in [2.24, 2.45) is 0 Å². The molecule has 1 aliphatic rings. The SMILES string of the molecule is CCOc1cc(CN2CCOc3ccc([C@@H](O)c4cccnc4)cc3C2)ccc1OC. The highest BCUT2D eigenvalue weighted by Gasteiger charge is 2.19. The first-order valence-corrected chi connectivity index (χ1v) is 10.5. The van der Waals surface area contributed by atoms with Crippen LogP contribution in [0.4, 0.5) is 0 Å². The van der Waals surface area contributed by atoms with E-state index >= 15 is 0 Å². The largest absolute Gasteiger partial charge is 0.493 e. The molecule has 0 spiro atoms. The molecule has 1 N–H and O–H groups in total. The molecule has 3 aromatic rings. The van der Waals surface area contributed by atoms with Crippen LogP contribution in [0.2, 0.25) is 0 Å². The number of hydrogen-bond donors (Lipinski definition) is 1. The number of fused-ring (bicyclic) bond motifs is 1. The molecule has 2 aromatic carbocycles. The van der Waals surface area contributed by atoms with E-state index in [1.807, 2.05) is 49.4 Å². The van der Waals surface area contributed by atoms with Crippen molar-refractivity contribution in [3.05, 3.63) is 83.2 Å². The number of methoxy groups -OCH3 is 1. The molecule has 31 heavy (non-hydrogen) atoms. The van der Waals surface area contributed by atoms with Gasteiger partial charge in [-0.2, -0.15) is 0 Å². The Bertz CT molecular complexity index is 1010. The van der Waals surface area contributed by atoms with Gasteiger partial charge in [0.05, 0.1) is 13.7 Å². The summed E-state index contributed by atoms with van der Waals surface area (Å²) in [5, 5.41) is 10.8. The molecule has 162 valence electrons. The van der Waals surface area contributed by atoms with Gasteiger partial charge in [0.25, 0.3) is 0 Å². The Morgan fingerprint density at radius 2 is 2.03 bits per heavy atom. The van der Waals surface area contributed by atoms with Gasteiger partial charge in [-0.05, 0) is 48.4 Å². The maximum atomic E-state index is 10.8. The predicted molar refractivity (Wildman–Crippen MR) is 119 cm³/mol. The van der Waals surface area contributed by atoms with Gasteiger partial charge < -0.3 is 19.3 Å². The fourth-order valence-corrected chi connectivity index (χ4v) is 3.85. The average molecular weight is 421 g/mol. The zero-order valence-electron chi connectivity index (χ0n) is 18.0. The lowest BCUT2D eigenvalue weighted by Gasteiger charge is -2.21. The third-order valence-electron chi connectivity index (χ3n) is 5.39. The van der Waals surface area contributed by atoms with Gasteiger partial charge >= 0.3 is 0 Å². The molecule has 4 rings (SSSR count). The molecule has 0 unspecified atom stereocenters. The van der Waals surface area contributed by atoms with Crippen LogP contribution in [0, 0.1) is 0 Å². The normalized spacial score (nSPS) is 14.8. The lowest BCUT2D eigenvalue weighted by Crippen LogP contribution is -2.25. The Balaban J connectivity index is 1.53. The number of aliphatic hydroxyl groups excluding tert-OH is 1. The summed E-state index contributed by atoms with van der Waals surface area (Å²) >= 11 is 0. The maximum absolute atomic E-state index is 10.8. The number of benzene rings is 2. The molecule has 0 aliphatic carbocycles. The van der Waals surface area contributed by atoms with Crippen molar-refractivity contribution >= 4 is 0 Å². The molecular formula is C25H28N2O4. The zero-order chi connectivity index (χ0) is 21.6. The number of pyridine rings is 1. The molecule has 0 amide bonds. The second kappa shape index (κ2) is 9.81. The molecule has 1 aliphatic heterocycles. The first kappa shape index (κ1) is 21.2. The van der Waals surface area contributed by atoms with Crippen molar-refractivity contribution in [3.8, 4) is 17.2 Å². The molecule has 0 saturated carbocycles. The van der Waals surface area contributed by atoms with Gasteiger partial charge in [0, 0.05) is 43.2 Å². The zero-order valence-corrected chi connectivity index (χ0v) is 18.0. The summed E-state index contributed by atoms with van der Waals surface area (Å²) in [6, 6.07) is 15.7. The molecule has 0 bridgehead atoms. The number of ether oxygens (including phenoxy) is 3. The maximum Gasteiger partial charge on any atom is 0.161 e. The monoisotopic (exact) mass is 420 g/mol. The Labute approximate surface area is 183 Å². The molecule has 6 nitrogen and oxygen atoms in total. The van der Waals surface area contributed by atoms with Crippen LogP contribution in [0.15, 0.2) is 60.9 Å². The molecule has 6 heteroatoms. The highest BCUT2D eigenvalue weighted by molar-refractivity contribution is 5.43. The van der Waals surface area contributed by atoms with Crippen LogP contribution in [0.1, 0.15) is 35.3 Å². The van der Waals surface area contributed by atoms with E-state index in [0.29, 0.717) is 13.2 Å². The van der Waals surface area contributed by atoms with Crippen molar-refractivity contribution < 1.29 is 19.3 Å². The minimum atomic E-state index is -0.717. The summed E-state index contributed by atoms with van der Waals surface area (Å²) in [5.74, 6) is 2.37. The highest BCUT2D eigenvalue weighted by Crippen LogP contribution is 2.31. The van der Waals surface area contributed by atoms with Crippen LogP contribution >= 0.6 is 0 Å². The molecular weight excluding hydrogens is 392 g/mol. The molecule has 0 saturated heterocycles. The quantitative estimate of drug-likeness (QED) is 0.624. The number of nitrogens with zero attached hydrogens (tertiary/aromatic N) is 2. The third-order valence-corrected chi connectivity index (χ3v) is 5.39. The fraction of sp³-hybridized carbons (Fsp3) is 0.320. The number of aliphatic hydroxyl groups is 1. The lowest BCUT2D eigenvalue weighted by molar-refractivity contribution is 0.218. The van der Waals surface area contributed by atoms with E-state index in [9.17, 15) is 5.11 Å².